The van der Waals surface area contributed by atoms with Gasteiger partial charge < -0.3 is 15.2 Å². The van der Waals surface area contributed by atoms with Gasteiger partial charge in [0.2, 0.25) is 5.91 Å². The van der Waals surface area contributed by atoms with Gasteiger partial charge in [0.05, 0.1) is 11.7 Å². The van der Waals surface area contributed by atoms with Crippen LogP contribution in [0.3, 0.4) is 0 Å². The van der Waals surface area contributed by atoms with Gasteiger partial charge in [0.1, 0.15) is 22.2 Å². The third-order valence-electron chi connectivity index (χ3n) is 3.83. The quantitative estimate of drug-likeness (QED) is 0.227. The van der Waals surface area contributed by atoms with Gasteiger partial charge in [0.25, 0.3) is 5.91 Å². The summed E-state index contributed by atoms with van der Waals surface area (Å²) in [4.78, 5) is 37.0. The fourth-order valence-corrected chi connectivity index (χ4v) is 6.58. The second kappa shape index (κ2) is 9.66. The molecule has 1 fully saturated rings. The summed E-state index contributed by atoms with van der Waals surface area (Å²) in [7, 11) is -3.53. The number of rotatable bonds is 7. The molecule has 152 valence electrons. The third kappa shape index (κ3) is 5.74. The first-order chi connectivity index (χ1) is 13.1. The summed E-state index contributed by atoms with van der Waals surface area (Å²) in [6.07, 6.45) is 0.914. The Kier molecular flexibility index (Phi) is 8.20. The number of aromatic nitrogens is 2. The first-order valence-electron chi connectivity index (χ1n) is 7.85. The number of carbonyl (C=O) groups is 3. The molecule has 1 saturated heterocycles. The Morgan fingerprint density at radius 3 is 2.62 bits per heavy atom. The summed E-state index contributed by atoms with van der Waals surface area (Å²) in [6, 6.07) is -0.964. The Bertz CT molecular complexity index is 979. The molecule has 3 rings (SSSR count). The zero-order valence-corrected chi connectivity index (χ0v) is 21.0. The van der Waals surface area contributed by atoms with E-state index >= 15 is 0 Å². The van der Waals surface area contributed by atoms with Gasteiger partial charge in [0.15, 0.2) is 14.2 Å². The van der Waals surface area contributed by atoms with Gasteiger partial charge in [-0.05, 0) is 12.5 Å². The second-order valence-corrected chi connectivity index (χ2v) is 11.8. The number of sulfone groups is 1. The van der Waals surface area contributed by atoms with Gasteiger partial charge in [-0.1, -0.05) is 23.1 Å². The number of nitrogens with zero attached hydrogens (tertiary/aromatic N) is 3. The van der Waals surface area contributed by atoms with E-state index in [0.717, 1.165) is 16.2 Å². The van der Waals surface area contributed by atoms with Crippen LogP contribution in [0.2, 0.25) is 0 Å². The van der Waals surface area contributed by atoms with E-state index < -0.39 is 44.8 Å². The van der Waals surface area contributed by atoms with Gasteiger partial charge in [-0.25, -0.2) is 8.42 Å². The minimum atomic E-state index is -3.53. The molecule has 2 atom stereocenters. The van der Waals surface area contributed by atoms with Crippen molar-refractivity contribution in [1.29, 1.82) is 0 Å². The SMILES string of the molecule is Cc1nnc(SCC2=C(C(=O)[O-])N3C(=O)[C@@H](NC(=O)CS(C)(=O)=O)[C@H]3SC2)s1.[Na+]. The van der Waals surface area contributed by atoms with E-state index in [-0.39, 0.29) is 35.3 Å². The molecule has 0 saturated carbocycles. The minimum absolute atomic E-state index is 0. The van der Waals surface area contributed by atoms with Crippen LogP contribution >= 0.6 is 34.9 Å². The molecule has 1 N–H and O–H groups in total. The Morgan fingerprint density at radius 2 is 2.07 bits per heavy atom. The molecule has 10 nitrogen and oxygen atoms in total. The molecular formula is C14H15N4NaO6S4. The van der Waals surface area contributed by atoms with Crippen molar-refractivity contribution >= 4 is 62.5 Å². The smallest absolute Gasteiger partial charge is 0.543 e. The van der Waals surface area contributed by atoms with Crippen LogP contribution in [0.25, 0.3) is 0 Å². The van der Waals surface area contributed by atoms with Crippen LogP contribution in [-0.4, -0.2) is 76.2 Å². The van der Waals surface area contributed by atoms with Gasteiger partial charge in [-0.2, -0.15) is 0 Å². The van der Waals surface area contributed by atoms with Crippen LogP contribution < -0.4 is 40.0 Å². The monoisotopic (exact) mass is 486 g/mol. The van der Waals surface area contributed by atoms with Gasteiger partial charge in [0, 0.05) is 17.8 Å². The summed E-state index contributed by atoms with van der Waals surface area (Å²) in [6.45, 7) is 1.81. The minimum Gasteiger partial charge on any atom is -0.543 e. The largest absolute Gasteiger partial charge is 1.00 e. The molecule has 29 heavy (non-hydrogen) atoms. The van der Waals surface area contributed by atoms with Crippen molar-refractivity contribution in [2.75, 3.05) is 23.5 Å². The number of carboxylic acid groups (broad SMARTS) is 1. The standard InChI is InChI=1S/C14H16N4O6S4.Na/c1-6-16-17-14(27-6)26-4-7-3-25-12-9(15-8(19)5-28(2,23)24)11(20)18(12)10(7)13(21)22;/h9,12H,3-5H2,1-2H3,(H,15,19)(H,21,22);/q;+1/p-1/t9-,12-;/m1./s1. The van der Waals surface area contributed by atoms with Gasteiger partial charge >= 0.3 is 29.6 Å². The molecule has 0 spiro atoms. The zero-order valence-electron chi connectivity index (χ0n) is 15.7. The number of carbonyl (C=O) groups excluding carboxylic acids is 3. The molecule has 15 heteroatoms. The summed E-state index contributed by atoms with van der Waals surface area (Å²) in [5.41, 5.74) is 0.324. The fraction of sp³-hybridized carbons (Fsp3) is 0.500. The van der Waals surface area contributed by atoms with E-state index in [0.29, 0.717) is 21.4 Å². The van der Waals surface area contributed by atoms with Crippen LogP contribution in [0.1, 0.15) is 5.01 Å². The van der Waals surface area contributed by atoms with Crippen LogP contribution in [0.4, 0.5) is 0 Å². The van der Waals surface area contributed by atoms with Gasteiger partial charge in [-0.15, -0.1) is 22.0 Å². The van der Waals surface area contributed by atoms with E-state index in [1.807, 2.05) is 6.92 Å². The fourth-order valence-electron chi connectivity index (χ4n) is 2.72. The van der Waals surface area contributed by atoms with Crippen LogP contribution in [-0.2, 0) is 24.2 Å². The van der Waals surface area contributed by atoms with Crippen LogP contribution in [0, 0.1) is 6.92 Å². The predicted octanol–water partition coefficient (Wildman–Crippen LogP) is -4.61. The van der Waals surface area contributed by atoms with E-state index in [4.69, 9.17) is 0 Å². The first kappa shape index (κ1) is 24.6. The normalized spacial score (nSPS) is 21.2. The summed E-state index contributed by atoms with van der Waals surface area (Å²) >= 11 is 4.01. The molecule has 3 heterocycles. The van der Waals surface area contributed by atoms with Crippen molar-refractivity contribution < 1.29 is 57.5 Å². The number of hydrogen-bond acceptors (Lipinski definition) is 11. The number of nitrogens with one attached hydrogen (secondary N) is 1. The summed E-state index contributed by atoms with van der Waals surface area (Å²) in [5.74, 6) is -2.96. The summed E-state index contributed by atoms with van der Waals surface area (Å²) in [5, 5.41) is 22.1. The number of aliphatic carboxylic acids is 1. The topological polar surface area (TPSA) is 149 Å². The Balaban J connectivity index is 0.00000300. The number of amides is 2. The van der Waals surface area contributed by atoms with Crippen molar-refractivity contribution in [1.82, 2.24) is 20.4 Å². The van der Waals surface area contributed by atoms with E-state index in [2.05, 4.69) is 15.5 Å². The molecule has 0 aromatic carbocycles. The number of carboxylic acids is 1. The van der Waals surface area contributed by atoms with E-state index in [1.54, 1.807) is 0 Å². The number of hydrogen-bond donors (Lipinski definition) is 1. The van der Waals surface area contributed by atoms with Gasteiger partial charge in [-0.3, -0.25) is 14.5 Å². The molecule has 2 aliphatic rings. The van der Waals surface area contributed by atoms with E-state index in [1.165, 1.54) is 34.9 Å². The molecular weight excluding hydrogens is 471 g/mol. The van der Waals surface area contributed by atoms with Crippen molar-refractivity contribution in [3.63, 3.8) is 0 Å². The number of thioether (sulfide) groups is 2. The second-order valence-electron chi connectivity index (χ2n) is 6.14. The number of fused-ring (bicyclic) bond motifs is 1. The Hall–Kier alpha value is -0.640. The van der Waals surface area contributed by atoms with Crippen LogP contribution in [0.15, 0.2) is 15.6 Å². The van der Waals surface area contributed by atoms with E-state index in [9.17, 15) is 27.9 Å². The third-order valence-corrected chi connectivity index (χ3v) is 8.01. The van der Waals surface area contributed by atoms with Crippen molar-refractivity contribution in [3.8, 4) is 0 Å². The Labute approximate surface area is 201 Å². The average Bonchev–Trinajstić information content (AvgIpc) is 3.00. The maximum Gasteiger partial charge on any atom is 1.00 e. The summed E-state index contributed by atoms with van der Waals surface area (Å²) < 4.78 is 23.1. The molecule has 0 aliphatic carbocycles. The van der Waals surface area contributed by atoms with Crippen LogP contribution in [0.5, 0.6) is 0 Å². The first-order valence-corrected chi connectivity index (χ1v) is 12.8. The molecule has 0 radical (unpaired) electrons. The Morgan fingerprint density at radius 1 is 1.38 bits per heavy atom. The molecule has 0 unspecified atom stereocenters. The van der Waals surface area contributed by atoms with Crippen molar-refractivity contribution in [2.24, 2.45) is 0 Å². The number of β-lactam (4-membered cyclic amide) rings is 1. The molecule has 2 amide bonds. The zero-order chi connectivity index (χ0) is 20.6. The average molecular weight is 487 g/mol. The molecule has 0 bridgehead atoms. The molecule has 1 aromatic rings. The molecule has 2 aliphatic heterocycles. The maximum atomic E-state index is 12.4. The van der Waals surface area contributed by atoms with Crippen molar-refractivity contribution in [3.05, 3.63) is 16.3 Å². The molecule has 1 aromatic heterocycles. The number of aryl methyl sites for hydroxylation is 1. The predicted molar refractivity (Wildman–Crippen MR) is 102 cm³/mol. The maximum absolute atomic E-state index is 12.4. The van der Waals surface area contributed by atoms with Crippen molar-refractivity contribution in [2.45, 2.75) is 22.7 Å².